The van der Waals surface area contributed by atoms with Crippen LogP contribution in [0.5, 0.6) is 5.75 Å². The van der Waals surface area contributed by atoms with Gasteiger partial charge < -0.3 is 19.8 Å². The van der Waals surface area contributed by atoms with Crippen molar-refractivity contribution in [1.82, 2.24) is 15.5 Å². The molecule has 0 bridgehead atoms. The molecule has 174 valence electrons. The number of anilines is 1. The number of carbonyl (C=O) groups excluding carboxylic acids is 2. The smallest absolute Gasteiger partial charge is 0.286 e. The quantitative estimate of drug-likeness (QED) is 0.365. The van der Waals surface area contributed by atoms with Crippen LogP contribution in [0.2, 0.25) is 0 Å². The molecule has 0 aliphatic carbocycles. The lowest BCUT2D eigenvalue weighted by molar-refractivity contribution is 0.0938. The van der Waals surface area contributed by atoms with E-state index in [2.05, 4.69) is 20.8 Å². The Kier molecular flexibility index (Phi) is 7.34. The van der Waals surface area contributed by atoms with Gasteiger partial charge in [-0.1, -0.05) is 23.5 Å². The Labute approximate surface area is 201 Å². The van der Waals surface area contributed by atoms with Crippen molar-refractivity contribution in [3.8, 4) is 5.75 Å². The summed E-state index contributed by atoms with van der Waals surface area (Å²) in [5.41, 5.74) is 2.15. The number of ether oxygens (including phenoxy) is 1. The van der Waals surface area contributed by atoms with Crippen molar-refractivity contribution in [2.75, 3.05) is 5.32 Å². The molecule has 1 atom stereocenters. The molecule has 0 aliphatic rings. The Morgan fingerprint density at radius 1 is 1.06 bits per heavy atom. The molecule has 9 heteroatoms. The second-order valence-electron chi connectivity index (χ2n) is 7.80. The maximum absolute atomic E-state index is 12.5. The Morgan fingerprint density at radius 2 is 1.88 bits per heavy atom. The molecule has 2 aromatic carbocycles. The third-order valence-corrected chi connectivity index (χ3v) is 5.78. The topological polar surface area (TPSA) is 106 Å². The second kappa shape index (κ2) is 10.8. The number of aromatic nitrogens is 2. The molecule has 0 saturated heterocycles. The lowest BCUT2D eigenvalue weighted by Gasteiger charge is -2.13. The van der Waals surface area contributed by atoms with E-state index < -0.39 is 0 Å². The van der Waals surface area contributed by atoms with Crippen LogP contribution in [0.25, 0.3) is 0 Å². The van der Waals surface area contributed by atoms with E-state index in [9.17, 15) is 9.59 Å². The minimum absolute atomic E-state index is 0.0838. The van der Waals surface area contributed by atoms with E-state index in [1.54, 1.807) is 30.5 Å². The summed E-state index contributed by atoms with van der Waals surface area (Å²) < 4.78 is 11.0. The molecule has 2 heterocycles. The second-order valence-corrected chi connectivity index (χ2v) is 8.86. The fourth-order valence-electron chi connectivity index (χ4n) is 3.23. The molecule has 1 unspecified atom stereocenters. The molecular weight excluding hydrogens is 452 g/mol. The van der Waals surface area contributed by atoms with Crippen LogP contribution in [0.3, 0.4) is 0 Å². The normalized spacial score (nSPS) is 11.6. The predicted octanol–water partition coefficient (Wildman–Crippen LogP) is 4.63. The predicted molar refractivity (Wildman–Crippen MR) is 129 cm³/mol. The zero-order valence-electron chi connectivity index (χ0n) is 18.8. The highest BCUT2D eigenvalue weighted by Gasteiger charge is 2.15. The summed E-state index contributed by atoms with van der Waals surface area (Å²) in [7, 11) is 0. The first-order valence-corrected chi connectivity index (χ1v) is 11.5. The van der Waals surface area contributed by atoms with Crippen LogP contribution < -0.4 is 15.4 Å². The molecule has 0 fully saturated rings. The van der Waals surface area contributed by atoms with Gasteiger partial charge in [0.2, 0.25) is 5.01 Å². The van der Waals surface area contributed by atoms with Crippen molar-refractivity contribution in [2.24, 2.45) is 0 Å². The monoisotopic (exact) mass is 476 g/mol. The maximum atomic E-state index is 12.5. The minimum Gasteiger partial charge on any atom is -0.486 e. The number of nitrogens with one attached hydrogen (secondary N) is 2. The average molecular weight is 477 g/mol. The summed E-state index contributed by atoms with van der Waals surface area (Å²) in [6.45, 7) is 4.14. The van der Waals surface area contributed by atoms with Gasteiger partial charge in [0.15, 0.2) is 5.01 Å². The molecule has 34 heavy (non-hydrogen) atoms. The molecule has 0 aliphatic heterocycles. The fourth-order valence-corrected chi connectivity index (χ4v) is 3.88. The summed E-state index contributed by atoms with van der Waals surface area (Å²) in [5.74, 6) is 0.982. The standard InChI is InChI=1S/C25H24N4O4S/c1-16-5-3-6-20(13-16)33-15-22-28-29-25(34-22)24(31)27-19-10-8-18(9-11-19)23(30)26-17(2)14-21-7-4-12-32-21/h3-13,17H,14-15H2,1-2H3,(H,26,30)(H,27,31). The Balaban J connectivity index is 1.28. The van der Waals surface area contributed by atoms with E-state index in [1.165, 1.54) is 11.3 Å². The summed E-state index contributed by atoms with van der Waals surface area (Å²) in [6.07, 6.45) is 2.21. The maximum Gasteiger partial charge on any atom is 0.286 e. The molecule has 2 N–H and O–H groups in total. The highest BCUT2D eigenvalue weighted by molar-refractivity contribution is 7.13. The number of hydrogen-bond donors (Lipinski definition) is 2. The fraction of sp³-hybridized carbons (Fsp3) is 0.200. The molecule has 0 spiro atoms. The first-order valence-electron chi connectivity index (χ1n) is 10.7. The van der Waals surface area contributed by atoms with Crippen LogP contribution >= 0.6 is 11.3 Å². The van der Waals surface area contributed by atoms with Crippen LogP contribution in [0.15, 0.2) is 71.3 Å². The van der Waals surface area contributed by atoms with Crippen molar-refractivity contribution in [3.63, 3.8) is 0 Å². The lowest BCUT2D eigenvalue weighted by atomic mass is 10.1. The number of amides is 2. The molecule has 2 aromatic heterocycles. The number of rotatable bonds is 9. The first kappa shape index (κ1) is 23.2. The van der Waals surface area contributed by atoms with Gasteiger partial charge in [0.1, 0.15) is 18.1 Å². The van der Waals surface area contributed by atoms with Crippen molar-refractivity contribution < 1.29 is 18.7 Å². The Hall–Kier alpha value is -3.98. The molecular formula is C25H24N4O4S. The van der Waals surface area contributed by atoms with Gasteiger partial charge in [0.25, 0.3) is 11.8 Å². The van der Waals surface area contributed by atoms with Gasteiger partial charge in [0.05, 0.1) is 6.26 Å². The zero-order chi connectivity index (χ0) is 23.9. The Morgan fingerprint density at radius 3 is 2.62 bits per heavy atom. The van der Waals surface area contributed by atoms with Crippen LogP contribution in [-0.4, -0.2) is 28.1 Å². The van der Waals surface area contributed by atoms with Crippen LogP contribution in [0, 0.1) is 6.92 Å². The summed E-state index contributed by atoms with van der Waals surface area (Å²) in [6, 6.07) is 18.0. The van der Waals surface area contributed by atoms with Gasteiger partial charge in [-0.05, 0) is 67.9 Å². The van der Waals surface area contributed by atoms with Crippen LogP contribution in [0.4, 0.5) is 5.69 Å². The zero-order valence-corrected chi connectivity index (χ0v) is 19.6. The number of benzene rings is 2. The van der Waals surface area contributed by atoms with Crippen LogP contribution in [-0.2, 0) is 13.0 Å². The van der Waals surface area contributed by atoms with Gasteiger partial charge in [0, 0.05) is 23.7 Å². The van der Waals surface area contributed by atoms with E-state index in [0.717, 1.165) is 17.1 Å². The van der Waals surface area contributed by atoms with Crippen molar-refractivity contribution in [2.45, 2.75) is 32.9 Å². The van der Waals surface area contributed by atoms with E-state index in [1.807, 2.05) is 50.2 Å². The summed E-state index contributed by atoms with van der Waals surface area (Å²) >= 11 is 1.17. The molecule has 0 saturated carbocycles. The molecule has 4 rings (SSSR count). The number of hydrogen-bond acceptors (Lipinski definition) is 7. The number of aryl methyl sites for hydroxylation is 1. The SMILES string of the molecule is Cc1cccc(OCc2nnc(C(=O)Nc3ccc(C(=O)NC(C)Cc4ccco4)cc3)s2)c1. The van der Waals surface area contributed by atoms with Gasteiger partial charge in [-0.15, -0.1) is 10.2 Å². The lowest BCUT2D eigenvalue weighted by Crippen LogP contribution is -2.33. The number of carbonyl (C=O) groups is 2. The highest BCUT2D eigenvalue weighted by atomic mass is 32.1. The van der Waals surface area contributed by atoms with E-state index in [0.29, 0.717) is 22.7 Å². The van der Waals surface area contributed by atoms with Crippen molar-refractivity contribution in [1.29, 1.82) is 0 Å². The van der Waals surface area contributed by atoms with Crippen molar-refractivity contribution >= 4 is 28.8 Å². The summed E-state index contributed by atoms with van der Waals surface area (Å²) in [4.78, 5) is 25.0. The van der Waals surface area contributed by atoms with Gasteiger partial charge in [-0.3, -0.25) is 9.59 Å². The number of furan rings is 1. The molecule has 4 aromatic rings. The Bertz CT molecular complexity index is 1250. The van der Waals surface area contributed by atoms with Crippen molar-refractivity contribution in [3.05, 3.63) is 93.8 Å². The average Bonchev–Trinajstić information content (AvgIpc) is 3.50. The third kappa shape index (κ3) is 6.29. The van der Waals surface area contributed by atoms with E-state index >= 15 is 0 Å². The first-order chi connectivity index (χ1) is 16.5. The van der Waals surface area contributed by atoms with Gasteiger partial charge in [-0.2, -0.15) is 0 Å². The largest absolute Gasteiger partial charge is 0.486 e. The van der Waals surface area contributed by atoms with E-state index in [4.69, 9.17) is 9.15 Å². The molecule has 0 radical (unpaired) electrons. The van der Waals surface area contributed by atoms with E-state index in [-0.39, 0.29) is 29.5 Å². The van der Waals surface area contributed by atoms with Crippen LogP contribution in [0.1, 0.15) is 43.4 Å². The summed E-state index contributed by atoms with van der Waals surface area (Å²) in [5, 5.41) is 14.5. The molecule has 2 amide bonds. The third-order valence-electron chi connectivity index (χ3n) is 4.88. The molecule has 8 nitrogen and oxygen atoms in total. The van der Waals surface area contributed by atoms with Gasteiger partial charge >= 0.3 is 0 Å². The highest BCUT2D eigenvalue weighted by Crippen LogP contribution is 2.18. The number of nitrogens with zero attached hydrogens (tertiary/aromatic N) is 2. The van der Waals surface area contributed by atoms with Gasteiger partial charge in [-0.25, -0.2) is 0 Å². The minimum atomic E-state index is -0.372.